The minimum absolute atomic E-state index is 0.113. The van der Waals surface area contributed by atoms with E-state index in [-0.39, 0.29) is 11.7 Å². The first-order chi connectivity index (χ1) is 10.0. The molecule has 0 atom stereocenters. The van der Waals surface area contributed by atoms with Gasteiger partial charge in [0.25, 0.3) is 5.91 Å². The molecular formula is C17H19NO3. The van der Waals surface area contributed by atoms with Crippen LogP contribution in [0, 0.1) is 5.92 Å². The minimum atomic E-state index is -0.240. The second kappa shape index (κ2) is 6.79. The van der Waals surface area contributed by atoms with Crippen LogP contribution in [-0.4, -0.2) is 17.6 Å². The van der Waals surface area contributed by atoms with Gasteiger partial charge in [-0.3, -0.25) is 4.79 Å². The van der Waals surface area contributed by atoms with Crippen molar-refractivity contribution in [2.24, 2.45) is 5.92 Å². The standard InChI is InChI=1S/C17H19NO3/c1-12(2)11-21-16-8-3-5-13(9-16)17(20)18-14-6-4-7-15(19)10-14/h3-10,12,19H,11H2,1-2H3,(H,18,20). The Morgan fingerprint density at radius 3 is 2.67 bits per heavy atom. The quantitative estimate of drug-likeness (QED) is 0.881. The molecule has 4 heteroatoms. The van der Waals surface area contributed by atoms with E-state index in [9.17, 15) is 9.90 Å². The van der Waals surface area contributed by atoms with E-state index in [1.807, 2.05) is 6.07 Å². The summed E-state index contributed by atoms with van der Waals surface area (Å²) in [7, 11) is 0. The Labute approximate surface area is 124 Å². The number of carbonyl (C=O) groups is 1. The number of anilines is 1. The van der Waals surface area contributed by atoms with E-state index >= 15 is 0 Å². The predicted octanol–water partition coefficient (Wildman–Crippen LogP) is 3.68. The molecule has 0 radical (unpaired) electrons. The number of amides is 1. The fraction of sp³-hybridized carbons (Fsp3) is 0.235. The van der Waals surface area contributed by atoms with Gasteiger partial charge in [0.05, 0.1) is 6.61 Å². The molecule has 0 heterocycles. The Kier molecular flexibility index (Phi) is 4.82. The summed E-state index contributed by atoms with van der Waals surface area (Å²) in [6.07, 6.45) is 0. The smallest absolute Gasteiger partial charge is 0.255 e. The molecule has 110 valence electrons. The van der Waals surface area contributed by atoms with E-state index < -0.39 is 0 Å². The molecule has 1 amide bonds. The van der Waals surface area contributed by atoms with E-state index in [0.29, 0.717) is 29.5 Å². The zero-order valence-corrected chi connectivity index (χ0v) is 12.2. The molecule has 2 aromatic carbocycles. The van der Waals surface area contributed by atoms with Crippen molar-refractivity contribution in [1.82, 2.24) is 0 Å². The molecule has 0 bridgehead atoms. The molecule has 2 aromatic rings. The van der Waals surface area contributed by atoms with Gasteiger partial charge in [0, 0.05) is 17.3 Å². The molecule has 2 N–H and O–H groups in total. The fourth-order valence-corrected chi connectivity index (χ4v) is 1.78. The molecule has 0 unspecified atom stereocenters. The van der Waals surface area contributed by atoms with Gasteiger partial charge < -0.3 is 15.2 Å². The van der Waals surface area contributed by atoms with Crippen molar-refractivity contribution in [2.75, 3.05) is 11.9 Å². The fourth-order valence-electron chi connectivity index (χ4n) is 1.78. The van der Waals surface area contributed by atoms with E-state index in [4.69, 9.17) is 4.74 Å². The van der Waals surface area contributed by atoms with E-state index in [1.165, 1.54) is 6.07 Å². The third kappa shape index (κ3) is 4.53. The van der Waals surface area contributed by atoms with Crippen molar-refractivity contribution < 1.29 is 14.6 Å². The number of ether oxygens (including phenoxy) is 1. The first kappa shape index (κ1) is 14.9. The maximum atomic E-state index is 12.2. The Morgan fingerprint density at radius 1 is 1.19 bits per heavy atom. The number of hydrogen-bond acceptors (Lipinski definition) is 3. The Hall–Kier alpha value is -2.49. The van der Waals surface area contributed by atoms with E-state index in [1.54, 1.807) is 36.4 Å². The number of phenolic OH excluding ortho intramolecular Hbond substituents is 1. The topological polar surface area (TPSA) is 58.6 Å². The monoisotopic (exact) mass is 285 g/mol. The van der Waals surface area contributed by atoms with E-state index in [0.717, 1.165) is 0 Å². The van der Waals surface area contributed by atoms with Crippen LogP contribution >= 0.6 is 0 Å². The molecule has 0 fully saturated rings. The molecule has 0 spiro atoms. The normalized spacial score (nSPS) is 10.4. The van der Waals surface area contributed by atoms with Crippen molar-refractivity contribution in [3.8, 4) is 11.5 Å². The van der Waals surface area contributed by atoms with Crippen LogP contribution in [0.15, 0.2) is 48.5 Å². The van der Waals surface area contributed by atoms with Crippen LogP contribution in [0.1, 0.15) is 24.2 Å². The van der Waals surface area contributed by atoms with Gasteiger partial charge in [-0.2, -0.15) is 0 Å². The Balaban J connectivity index is 2.07. The van der Waals surface area contributed by atoms with Gasteiger partial charge in [-0.15, -0.1) is 0 Å². The highest BCUT2D eigenvalue weighted by Gasteiger charge is 2.08. The number of hydrogen-bond donors (Lipinski definition) is 2. The summed E-state index contributed by atoms with van der Waals surface area (Å²) in [4.78, 5) is 12.2. The zero-order valence-electron chi connectivity index (χ0n) is 12.2. The second-order valence-electron chi connectivity index (χ2n) is 5.24. The summed E-state index contributed by atoms with van der Waals surface area (Å²) in [6, 6.07) is 13.5. The second-order valence-corrected chi connectivity index (χ2v) is 5.24. The summed E-state index contributed by atoms with van der Waals surface area (Å²) in [5, 5.41) is 12.1. The summed E-state index contributed by atoms with van der Waals surface area (Å²) in [5.74, 6) is 0.972. The molecule has 0 aliphatic carbocycles. The average molecular weight is 285 g/mol. The number of phenols is 1. The van der Waals surface area contributed by atoms with Crippen molar-refractivity contribution >= 4 is 11.6 Å². The third-order valence-electron chi connectivity index (χ3n) is 2.78. The third-order valence-corrected chi connectivity index (χ3v) is 2.78. The van der Waals surface area contributed by atoms with Gasteiger partial charge >= 0.3 is 0 Å². The van der Waals surface area contributed by atoms with Gasteiger partial charge in [0.1, 0.15) is 11.5 Å². The molecule has 0 saturated carbocycles. The van der Waals surface area contributed by atoms with Gasteiger partial charge in [-0.25, -0.2) is 0 Å². The minimum Gasteiger partial charge on any atom is -0.508 e. The van der Waals surface area contributed by atoms with Gasteiger partial charge in [0.15, 0.2) is 0 Å². The average Bonchev–Trinajstić information content (AvgIpc) is 2.45. The molecule has 4 nitrogen and oxygen atoms in total. The summed E-state index contributed by atoms with van der Waals surface area (Å²) in [6.45, 7) is 4.74. The lowest BCUT2D eigenvalue weighted by atomic mass is 10.2. The number of carbonyl (C=O) groups excluding carboxylic acids is 1. The van der Waals surface area contributed by atoms with Crippen molar-refractivity contribution in [3.63, 3.8) is 0 Å². The van der Waals surface area contributed by atoms with Crippen LogP contribution in [0.3, 0.4) is 0 Å². The summed E-state index contributed by atoms with van der Waals surface area (Å²) >= 11 is 0. The van der Waals surface area contributed by atoms with Gasteiger partial charge in [-0.05, 0) is 36.2 Å². The number of aromatic hydroxyl groups is 1. The largest absolute Gasteiger partial charge is 0.508 e. The van der Waals surface area contributed by atoms with Crippen LogP contribution < -0.4 is 10.1 Å². The molecule has 0 saturated heterocycles. The van der Waals surface area contributed by atoms with Crippen molar-refractivity contribution in [1.29, 1.82) is 0 Å². The highest BCUT2D eigenvalue weighted by Crippen LogP contribution is 2.18. The summed E-state index contributed by atoms with van der Waals surface area (Å²) < 4.78 is 5.61. The van der Waals surface area contributed by atoms with Crippen molar-refractivity contribution in [3.05, 3.63) is 54.1 Å². The van der Waals surface area contributed by atoms with Crippen molar-refractivity contribution in [2.45, 2.75) is 13.8 Å². The van der Waals surface area contributed by atoms with Crippen LogP contribution in [-0.2, 0) is 0 Å². The molecule has 2 rings (SSSR count). The molecular weight excluding hydrogens is 266 g/mol. The highest BCUT2D eigenvalue weighted by molar-refractivity contribution is 6.04. The van der Waals surface area contributed by atoms with Crippen LogP contribution in [0.2, 0.25) is 0 Å². The lowest BCUT2D eigenvalue weighted by molar-refractivity contribution is 0.102. The summed E-state index contributed by atoms with van der Waals surface area (Å²) in [5.41, 5.74) is 1.06. The van der Waals surface area contributed by atoms with Crippen LogP contribution in [0.25, 0.3) is 0 Å². The number of nitrogens with one attached hydrogen (secondary N) is 1. The molecule has 0 aliphatic heterocycles. The lowest BCUT2D eigenvalue weighted by Gasteiger charge is -2.10. The maximum Gasteiger partial charge on any atom is 0.255 e. The molecule has 21 heavy (non-hydrogen) atoms. The van der Waals surface area contributed by atoms with Gasteiger partial charge in [-0.1, -0.05) is 26.0 Å². The van der Waals surface area contributed by atoms with Gasteiger partial charge in [0.2, 0.25) is 0 Å². The number of rotatable bonds is 5. The van der Waals surface area contributed by atoms with Crippen LogP contribution in [0.4, 0.5) is 5.69 Å². The SMILES string of the molecule is CC(C)COc1cccc(C(=O)Nc2cccc(O)c2)c1. The first-order valence-electron chi connectivity index (χ1n) is 6.88. The Morgan fingerprint density at radius 2 is 1.95 bits per heavy atom. The highest BCUT2D eigenvalue weighted by atomic mass is 16.5. The lowest BCUT2D eigenvalue weighted by Crippen LogP contribution is -2.12. The first-order valence-corrected chi connectivity index (χ1v) is 6.88. The molecule has 0 aliphatic rings. The molecule has 0 aromatic heterocycles. The van der Waals surface area contributed by atoms with Crippen LogP contribution in [0.5, 0.6) is 11.5 Å². The maximum absolute atomic E-state index is 12.2. The predicted molar refractivity (Wildman–Crippen MR) is 82.8 cm³/mol. The Bertz CT molecular complexity index is 623. The van der Waals surface area contributed by atoms with E-state index in [2.05, 4.69) is 19.2 Å². The number of benzene rings is 2. The zero-order chi connectivity index (χ0) is 15.2.